The van der Waals surface area contributed by atoms with Crippen LogP contribution in [0.4, 0.5) is 0 Å². The molecule has 0 saturated carbocycles. The molecule has 0 spiro atoms. The molecule has 0 unspecified atom stereocenters. The Morgan fingerprint density at radius 2 is 1.73 bits per heavy atom. The van der Waals surface area contributed by atoms with Gasteiger partial charge in [0.1, 0.15) is 5.69 Å². The number of benzene rings is 2. The maximum absolute atomic E-state index is 12.9. The first-order chi connectivity index (χ1) is 12.7. The molecule has 2 aromatic carbocycles. The maximum Gasteiger partial charge on any atom is 0.356 e. The molecule has 2 N–H and O–H groups in total. The summed E-state index contributed by atoms with van der Waals surface area (Å²) >= 11 is 0. The van der Waals surface area contributed by atoms with Gasteiger partial charge in [-0.2, -0.15) is 5.10 Å². The number of hydrogen-bond acceptors (Lipinski definition) is 4. The molecule has 4 rings (SSSR count). The zero-order valence-corrected chi connectivity index (χ0v) is 13.7. The molecular weight excluding hydrogens is 330 g/mol. The van der Waals surface area contributed by atoms with E-state index >= 15 is 0 Å². The van der Waals surface area contributed by atoms with E-state index in [0.717, 1.165) is 22.2 Å². The second-order valence-electron chi connectivity index (χ2n) is 5.76. The minimum absolute atomic E-state index is 0.208. The van der Waals surface area contributed by atoms with Crippen LogP contribution in [0.2, 0.25) is 0 Å². The quantitative estimate of drug-likeness (QED) is 0.427. The van der Waals surface area contributed by atoms with Crippen molar-refractivity contribution < 1.29 is 14.3 Å². The molecule has 0 radical (unpaired) electrons. The summed E-state index contributed by atoms with van der Waals surface area (Å²) in [6.07, 6.45) is 1.45. The van der Waals surface area contributed by atoms with Crippen molar-refractivity contribution in [3.8, 4) is 11.3 Å². The topological polar surface area (TPSA) is 87.8 Å². The number of hydrogen-bond donors (Lipinski definition) is 2. The van der Waals surface area contributed by atoms with Crippen LogP contribution in [0.5, 0.6) is 0 Å². The van der Waals surface area contributed by atoms with Gasteiger partial charge < -0.3 is 9.72 Å². The van der Waals surface area contributed by atoms with Crippen molar-refractivity contribution in [2.75, 3.05) is 6.61 Å². The molecular formula is C20H15N3O3. The number of H-pyrrole nitrogens is 2. The number of aromatic nitrogens is 3. The monoisotopic (exact) mass is 345 g/mol. The lowest BCUT2D eigenvalue weighted by molar-refractivity contribution is 0.0469. The average Bonchev–Trinajstić information content (AvgIpc) is 3.34. The van der Waals surface area contributed by atoms with Crippen LogP contribution >= 0.6 is 0 Å². The van der Waals surface area contributed by atoms with Crippen LogP contribution in [0.3, 0.4) is 0 Å². The number of para-hydroxylation sites is 1. The Morgan fingerprint density at radius 3 is 2.50 bits per heavy atom. The van der Waals surface area contributed by atoms with E-state index in [1.54, 1.807) is 0 Å². The van der Waals surface area contributed by atoms with E-state index in [4.69, 9.17) is 4.74 Å². The molecule has 0 saturated heterocycles. The van der Waals surface area contributed by atoms with Crippen LogP contribution in [0.25, 0.3) is 22.2 Å². The fourth-order valence-electron chi connectivity index (χ4n) is 2.90. The number of carbonyl (C=O) groups excluding carboxylic acids is 2. The second kappa shape index (κ2) is 6.68. The summed E-state index contributed by atoms with van der Waals surface area (Å²) in [5.41, 5.74) is 3.19. The first kappa shape index (κ1) is 15.8. The van der Waals surface area contributed by atoms with E-state index in [0.29, 0.717) is 5.56 Å². The fraction of sp³-hybridized carbons (Fsp3) is 0.0500. The number of ether oxygens (including phenoxy) is 1. The molecule has 2 aromatic heterocycles. The largest absolute Gasteiger partial charge is 0.453 e. The summed E-state index contributed by atoms with van der Waals surface area (Å²) in [5.74, 6) is -0.883. The molecule has 4 aromatic rings. The van der Waals surface area contributed by atoms with Gasteiger partial charge in [0.15, 0.2) is 6.61 Å². The van der Waals surface area contributed by atoms with Crippen molar-refractivity contribution in [1.29, 1.82) is 0 Å². The number of carbonyl (C=O) groups is 2. The molecule has 0 aliphatic rings. The highest BCUT2D eigenvalue weighted by Crippen LogP contribution is 2.30. The number of nitrogens with zero attached hydrogens (tertiary/aromatic N) is 1. The highest BCUT2D eigenvalue weighted by Gasteiger charge is 2.21. The molecule has 26 heavy (non-hydrogen) atoms. The summed E-state index contributed by atoms with van der Waals surface area (Å²) in [4.78, 5) is 28.1. The maximum atomic E-state index is 12.9. The van der Waals surface area contributed by atoms with Gasteiger partial charge in [-0.05, 0) is 17.7 Å². The van der Waals surface area contributed by atoms with Gasteiger partial charge in [0.05, 0.1) is 11.3 Å². The van der Waals surface area contributed by atoms with Gasteiger partial charge in [-0.3, -0.25) is 9.89 Å². The lowest BCUT2D eigenvalue weighted by Crippen LogP contribution is -2.15. The van der Waals surface area contributed by atoms with Gasteiger partial charge in [0, 0.05) is 17.1 Å². The first-order valence-corrected chi connectivity index (χ1v) is 8.10. The molecule has 0 bridgehead atoms. The van der Waals surface area contributed by atoms with Crippen molar-refractivity contribution >= 4 is 22.7 Å². The van der Waals surface area contributed by atoms with Crippen LogP contribution in [0, 0.1) is 0 Å². The third-order valence-corrected chi connectivity index (χ3v) is 4.10. The lowest BCUT2D eigenvalue weighted by atomic mass is 10.0. The molecule has 128 valence electrons. The number of fused-ring (bicyclic) bond motifs is 1. The first-order valence-electron chi connectivity index (χ1n) is 8.10. The van der Waals surface area contributed by atoms with Crippen LogP contribution in [-0.4, -0.2) is 33.5 Å². The van der Waals surface area contributed by atoms with Gasteiger partial charge in [0.2, 0.25) is 5.78 Å². The van der Waals surface area contributed by atoms with Crippen molar-refractivity contribution in [1.82, 2.24) is 15.2 Å². The van der Waals surface area contributed by atoms with Gasteiger partial charge in [0.25, 0.3) is 0 Å². The highest BCUT2D eigenvalue weighted by molar-refractivity contribution is 6.14. The van der Waals surface area contributed by atoms with Crippen molar-refractivity contribution in [2.24, 2.45) is 0 Å². The molecule has 0 aliphatic heterocycles. The zero-order valence-electron chi connectivity index (χ0n) is 13.7. The van der Waals surface area contributed by atoms with E-state index in [9.17, 15) is 9.59 Å². The Morgan fingerprint density at radius 1 is 0.962 bits per heavy atom. The van der Waals surface area contributed by atoms with Crippen LogP contribution in [0.1, 0.15) is 20.8 Å². The Labute approximate surface area is 148 Å². The van der Waals surface area contributed by atoms with Gasteiger partial charge in [-0.25, -0.2) is 4.79 Å². The molecule has 6 nitrogen and oxygen atoms in total. The molecule has 0 fully saturated rings. The minimum Gasteiger partial charge on any atom is -0.453 e. The standard InChI is InChI=1S/C20H15N3O3/c24-17(12-26-20(25)16-10-11-21-23-16)18-14-8-4-5-9-15(14)22-19(18)13-6-2-1-3-7-13/h1-11,22H,12H2,(H,21,23). The van der Waals surface area contributed by atoms with E-state index < -0.39 is 5.97 Å². The van der Waals surface area contributed by atoms with Gasteiger partial charge in [-0.15, -0.1) is 0 Å². The van der Waals surface area contributed by atoms with Gasteiger partial charge >= 0.3 is 5.97 Å². The number of aromatic amines is 2. The summed E-state index contributed by atoms with van der Waals surface area (Å²) in [6.45, 7) is -0.348. The summed E-state index contributed by atoms with van der Waals surface area (Å²) in [6, 6.07) is 18.7. The Kier molecular flexibility index (Phi) is 4.07. The zero-order chi connectivity index (χ0) is 17.9. The molecule has 0 atom stereocenters. The van der Waals surface area contributed by atoms with E-state index in [2.05, 4.69) is 15.2 Å². The fourth-order valence-corrected chi connectivity index (χ4v) is 2.90. The van der Waals surface area contributed by atoms with E-state index in [-0.39, 0.29) is 18.1 Å². The Hall–Kier alpha value is -3.67. The van der Waals surface area contributed by atoms with E-state index in [1.165, 1.54) is 12.3 Å². The van der Waals surface area contributed by atoms with Crippen molar-refractivity contribution in [2.45, 2.75) is 0 Å². The SMILES string of the molecule is O=C(OCC(=O)c1c(-c2ccccc2)[nH]c2ccccc12)c1ccn[nH]1. The van der Waals surface area contributed by atoms with Crippen LogP contribution in [0.15, 0.2) is 66.9 Å². The van der Waals surface area contributed by atoms with Gasteiger partial charge in [-0.1, -0.05) is 48.5 Å². The Bertz CT molecular complexity index is 1070. The number of esters is 1. The summed E-state index contributed by atoms with van der Waals surface area (Å²) in [5, 5.41) is 7.02. The summed E-state index contributed by atoms with van der Waals surface area (Å²) < 4.78 is 5.14. The second-order valence-corrected chi connectivity index (χ2v) is 5.76. The third-order valence-electron chi connectivity index (χ3n) is 4.10. The highest BCUT2D eigenvalue weighted by atomic mass is 16.5. The molecule has 6 heteroatoms. The predicted molar refractivity (Wildman–Crippen MR) is 96.9 cm³/mol. The van der Waals surface area contributed by atoms with Crippen molar-refractivity contribution in [3.63, 3.8) is 0 Å². The lowest BCUT2D eigenvalue weighted by Gasteiger charge is -2.06. The predicted octanol–water partition coefficient (Wildman–Crippen LogP) is 3.60. The van der Waals surface area contributed by atoms with E-state index in [1.807, 2.05) is 54.6 Å². The van der Waals surface area contributed by atoms with Crippen molar-refractivity contribution in [3.05, 3.63) is 78.1 Å². The molecule has 2 heterocycles. The molecule has 0 amide bonds. The Balaban J connectivity index is 1.68. The number of nitrogens with one attached hydrogen (secondary N) is 2. The smallest absolute Gasteiger partial charge is 0.356 e. The third kappa shape index (κ3) is 2.88. The van der Waals surface area contributed by atoms with Crippen LogP contribution < -0.4 is 0 Å². The normalized spacial score (nSPS) is 10.8. The number of Topliss-reactive ketones (excluding diaryl/α,β-unsaturated/α-hetero) is 1. The summed E-state index contributed by atoms with van der Waals surface area (Å²) in [7, 11) is 0. The minimum atomic E-state index is -0.614. The number of rotatable bonds is 5. The van der Waals surface area contributed by atoms with Crippen LogP contribution in [-0.2, 0) is 4.74 Å². The number of ketones is 1. The molecule has 0 aliphatic carbocycles. The average molecular weight is 345 g/mol.